The van der Waals surface area contributed by atoms with Crippen LogP contribution in [0.5, 0.6) is 0 Å². The van der Waals surface area contributed by atoms with Crippen LogP contribution in [0.4, 0.5) is 0 Å². The molecule has 2 fully saturated rings. The van der Waals surface area contributed by atoms with E-state index in [4.69, 9.17) is 5.73 Å². The molecule has 112 valence electrons. The molecular weight excluding hydrogens is 232 g/mol. The molecule has 1 aliphatic heterocycles. The lowest BCUT2D eigenvalue weighted by molar-refractivity contribution is 0.165. The van der Waals surface area contributed by atoms with Gasteiger partial charge >= 0.3 is 0 Å². The SMILES string of the molecule is CCCC1CCC(N)C(CN2CCC(CCC)C2)C1. The van der Waals surface area contributed by atoms with E-state index in [1.165, 1.54) is 71.0 Å². The average Bonchev–Trinajstić information content (AvgIpc) is 2.82. The third kappa shape index (κ3) is 4.46. The van der Waals surface area contributed by atoms with Gasteiger partial charge in [0.25, 0.3) is 0 Å². The number of likely N-dealkylation sites (tertiary alicyclic amines) is 1. The number of nitrogens with zero attached hydrogens (tertiary/aromatic N) is 1. The maximum atomic E-state index is 6.38. The van der Waals surface area contributed by atoms with Crippen LogP contribution in [-0.4, -0.2) is 30.6 Å². The van der Waals surface area contributed by atoms with Crippen LogP contribution in [0.15, 0.2) is 0 Å². The largest absolute Gasteiger partial charge is 0.327 e. The molecular formula is C17H34N2. The van der Waals surface area contributed by atoms with Crippen molar-refractivity contribution in [1.82, 2.24) is 4.90 Å². The molecule has 0 radical (unpaired) electrons. The van der Waals surface area contributed by atoms with Crippen molar-refractivity contribution in [2.45, 2.75) is 71.3 Å². The second kappa shape index (κ2) is 7.64. The van der Waals surface area contributed by atoms with Gasteiger partial charge in [-0.05, 0) is 56.4 Å². The number of rotatable bonds is 6. The normalized spacial score (nSPS) is 36.8. The van der Waals surface area contributed by atoms with Gasteiger partial charge in [0.15, 0.2) is 0 Å². The van der Waals surface area contributed by atoms with Crippen molar-refractivity contribution in [2.24, 2.45) is 23.5 Å². The first-order chi connectivity index (χ1) is 9.22. The van der Waals surface area contributed by atoms with Crippen molar-refractivity contribution in [3.8, 4) is 0 Å². The first-order valence-corrected chi connectivity index (χ1v) is 8.70. The highest BCUT2D eigenvalue weighted by atomic mass is 15.1. The average molecular weight is 266 g/mol. The Morgan fingerprint density at radius 1 is 1.00 bits per heavy atom. The Bertz CT molecular complexity index is 254. The highest BCUT2D eigenvalue weighted by Gasteiger charge is 2.31. The molecule has 2 heteroatoms. The van der Waals surface area contributed by atoms with Gasteiger partial charge in [-0.3, -0.25) is 0 Å². The maximum absolute atomic E-state index is 6.38. The summed E-state index contributed by atoms with van der Waals surface area (Å²) in [4.78, 5) is 2.71. The van der Waals surface area contributed by atoms with Crippen molar-refractivity contribution < 1.29 is 0 Å². The molecule has 19 heavy (non-hydrogen) atoms. The van der Waals surface area contributed by atoms with Gasteiger partial charge in [-0.1, -0.05) is 33.1 Å². The smallest absolute Gasteiger partial charge is 0.00795 e. The Morgan fingerprint density at radius 2 is 1.74 bits per heavy atom. The predicted molar refractivity (Wildman–Crippen MR) is 83.2 cm³/mol. The Kier molecular flexibility index (Phi) is 6.15. The zero-order valence-electron chi connectivity index (χ0n) is 13.1. The summed E-state index contributed by atoms with van der Waals surface area (Å²) < 4.78 is 0. The minimum absolute atomic E-state index is 0.471. The van der Waals surface area contributed by atoms with Crippen molar-refractivity contribution in [3.05, 3.63) is 0 Å². The zero-order chi connectivity index (χ0) is 13.7. The lowest BCUT2D eigenvalue weighted by Crippen LogP contribution is -2.42. The minimum atomic E-state index is 0.471. The van der Waals surface area contributed by atoms with Crippen LogP contribution >= 0.6 is 0 Å². The standard InChI is InChI=1S/C17H34N2/c1-3-5-14-7-8-17(18)16(11-14)13-19-10-9-15(12-19)6-4-2/h14-17H,3-13,18H2,1-2H3. The molecule has 0 aromatic rings. The van der Waals surface area contributed by atoms with E-state index < -0.39 is 0 Å². The van der Waals surface area contributed by atoms with E-state index in [9.17, 15) is 0 Å². The molecule has 0 bridgehead atoms. The fraction of sp³-hybridized carbons (Fsp3) is 1.00. The zero-order valence-corrected chi connectivity index (χ0v) is 13.1. The Morgan fingerprint density at radius 3 is 2.47 bits per heavy atom. The molecule has 2 aliphatic rings. The first-order valence-electron chi connectivity index (χ1n) is 8.70. The van der Waals surface area contributed by atoms with Gasteiger partial charge in [0.05, 0.1) is 0 Å². The summed E-state index contributed by atoms with van der Waals surface area (Å²) in [5.41, 5.74) is 6.38. The van der Waals surface area contributed by atoms with Gasteiger partial charge in [0.1, 0.15) is 0 Å². The third-order valence-electron chi connectivity index (χ3n) is 5.41. The van der Waals surface area contributed by atoms with Crippen LogP contribution in [0.3, 0.4) is 0 Å². The van der Waals surface area contributed by atoms with Crippen LogP contribution in [0.1, 0.15) is 65.2 Å². The van der Waals surface area contributed by atoms with E-state index in [1.54, 1.807) is 0 Å². The molecule has 1 saturated heterocycles. The quantitative estimate of drug-likeness (QED) is 0.795. The number of nitrogens with two attached hydrogens (primary N) is 1. The summed E-state index contributed by atoms with van der Waals surface area (Å²) in [5, 5.41) is 0. The molecule has 4 unspecified atom stereocenters. The van der Waals surface area contributed by atoms with E-state index in [0.29, 0.717) is 6.04 Å². The fourth-order valence-corrected chi connectivity index (χ4v) is 4.32. The van der Waals surface area contributed by atoms with Gasteiger partial charge in [0.2, 0.25) is 0 Å². The summed E-state index contributed by atoms with van der Waals surface area (Å²) in [6.45, 7) is 8.58. The molecule has 0 amide bonds. The van der Waals surface area contributed by atoms with Gasteiger partial charge in [0, 0.05) is 19.1 Å². The molecule has 0 aromatic heterocycles. The van der Waals surface area contributed by atoms with E-state index in [2.05, 4.69) is 18.7 Å². The van der Waals surface area contributed by atoms with Crippen LogP contribution in [0, 0.1) is 17.8 Å². The minimum Gasteiger partial charge on any atom is -0.327 e. The van der Waals surface area contributed by atoms with E-state index in [-0.39, 0.29) is 0 Å². The maximum Gasteiger partial charge on any atom is 0.00795 e. The Hall–Kier alpha value is -0.0800. The molecule has 2 nitrogen and oxygen atoms in total. The van der Waals surface area contributed by atoms with Crippen molar-refractivity contribution in [3.63, 3.8) is 0 Å². The second-order valence-corrected chi connectivity index (χ2v) is 7.09. The lowest BCUT2D eigenvalue weighted by Gasteiger charge is -2.36. The summed E-state index contributed by atoms with van der Waals surface area (Å²) in [6, 6.07) is 0.471. The molecule has 4 atom stereocenters. The van der Waals surface area contributed by atoms with Gasteiger partial charge in [-0.15, -0.1) is 0 Å². The summed E-state index contributed by atoms with van der Waals surface area (Å²) >= 11 is 0. The third-order valence-corrected chi connectivity index (χ3v) is 5.41. The summed E-state index contributed by atoms with van der Waals surface area (Å²) in [5.74, 6) is 2.70. The molecule has 1 aliphatic carbocycles. The van der Waals surface area contributed by atoms with E-state index in [1.807, 2.05) is 0 Å². The highest BCUT2D eigenvalue weighted by molar-refractivity contribution is 4.86. The van der Waals surface area contributed by atoms with Crippen LogP contribution in [-0.2, 0) is 0 Å². The molecule has 0 aromatic carbocycles. The van der Waals surface area contributed by atoms with E-state index >= 15 is 0 Å². The lowest BCUT2D eigenvalue weighted by atomic mass is 9.76. The number of hydrogen-bond donors (Lipinski definition) is 1. The molecule has 1 heterocycles. The molecule has 2 N–H and O–H groups in total. The van der Waals surface area contributed by atoms with Gasteiger partial charge < -0.3 is 10.6 Å². The topological polar surface area (TPSA) is 29.3 Å². The Labute approximate surface area is 120 Å². The molecule has 2 rings (SSSR count). The van der Waals surface area contributed by atoms with Crippen LogP contribution in [0.25, 0.3) is 0 Å². The van der Waals surface area contributed by atoms with Crippen LogP contribution < -0.4 is 5.73 Å². The van der Waals surface area contributed by atoms with Gasteiger partial charge in [-0.25, -0.2) is 0 Å². The summed E-state index contributed by atoms with van der Waals surface area (Å²) in [6.07, 6.45) is 11.0. The van der Waals surface area contributed by atoms with Crippen LogP contribution in [0.2, 0.25) is 0 Å². The number of hydrogen-bond acceptors (Lipinski definition) is 2. The Balaban J connectivity index is 1.77. The fourth-order valence-electron chi connectivity index (χ4n) is 4.32. The van der Waals surface area contributed by atoms with Crippen molar-refractivity contribution in [1.29, 1.82) is 0 Å². The van der Waals surface area contributed by atoms with Crippen molar-refractivity contribution in [2.75, 3.05) is 19.6 Å². The van der Waals surface area contributed by atoms with Gasteiger partial charge in [-0.2, -0.15) is 0 Å². The first kappa shape index (κ1) is 15.3. The monoisotopic (exact) mass is 266 g/mol. The molecule has 1 saturated carbocycles. The van der Waals surface area contributed by atoms with Crippen molar-refractivity contribution >= 4 is 0 Å². The predicted octanol–water partition coefficient (Wildman–Crippen LogP) is 3.65. The molecule has 0 spiro atoms. The summed E-state index contributed by atoms with van der Waals surface area (Å²) in [7, 11) is 0. The highest BCUT2D eigenvalue weighted by Crippen LogP contribution is 2.33. The second-order valence-electron chi connectivity index (χ2n) is 7.09. The van der Waals surface area contributed by atoms with E-state index in [0.717, 1.165) is 17.8 Å².